The van der Waals surface area contributed by atoms with Crippen LogP contribution < -0.4 is 5.73 Å². The Kier molecular flexibility index (Phi) is 3.87. The standard InChI is InChI=1S/C10H19NO/c1-6-9(12-5)8(7-11)10(2,3)4/h6-7H,11H2,1-5H3/b8-7+,9-6+. The molecule has 0 heterocycles. The molecule has 0 saturated carbocycles. The maximum atomic E-state index is 5.53. The van der Waals surface area contributed by atoms with Crippen LogP contribution in [0.3, 0.4) is 0 Å². The number of nitrogens with two attached hydrogens (primary N) is 1. The lowest BCUT2D eigenvalue weighted by Crippen LogP contribution is -2.14. The fourth-order valence-electron chi connectivity index (χ4n) is 1.09. The van der Waals surface area contributed by atoms with Gasteiger partial charge in [-0.25, -0.2) is 0 Å². The summed E-state index contributed by atoms with van der Waals surface area (Å²) in [6.07, 6.45) is 3.53. The molecule has 70 valence electrons. The van der Waals surface area contributed by atoms with Gasteiger partial charge in [-0.3, -0.25) is 0 Å². The smallest absolute Gasteiger partial charge is 0.119 e. The average Bonchev–Trinajstić information content (AvgIpc) is 1.97. The molecule has 0 radical (unpaired) electrons. The van der Waals surface area contributed by atoms with E-state index >= 15 is 0 Å². The fraction of sp³-hybridized carbons (Fsp3) is 0.600. The van der Waals surface area contributed by atoms with E-state index in [1.165, 1.54) is 0 Å². The van der Waals surface area contributed by atoms with Crippen LogP contribution in [0.4, 0.5) is 0 Å². The molecule has 0 aromatic heterocycles. The maximum Gasteiger partial charge on any atom is 0.119 e. The summed E-state index contributed by atoms with van der Waals surface area (Å²) >= 11 is 0. The molecule has 0 atom stereocenters. The zero-order valence-corrected chi connectivity index (χ0v) is 8.64. The van der Waals surface area contributed by atoms with Crippen LogP contribution in [0, 0.1) is 5.41 Å². The minimum atomic E-state index is 0.0343. The van der Waals surface area contributed by atoms with E-state index in [-0.39, 0.29) is 5.41 Å². The Morgan fingerprint density at radius 2 is 1.83 bits per heavy atom. The van der Waals surface area contributed by atoms with Crippen molar-refractivity contribution < 1.29 is 4.74 Å². The number of methoxy groups -OCH3 is 1. The maximum absolute atomic E-state index is 5.53. The third kappa shape index (κ3) is 2.61. The molecule has 0 aromatic rings. The summed E-state index contributed by atoms with van der Waals surface area (Å²) in [7, 11) is 1.66. The quantitative estimate of drug-likeness (QED) is 0.509. The minimum absolute atomic E-state index is 0.0343. The Hall–Kier alpha value is -0.920. The topological polar surface area (TPSA) is 35.2 Å². The van der Waals surface area contributed by atoms with Crippen molar-refractivity contribution >= 4 is 0 Å². The minimum Gasteiger partial charge on any atom is -0.497 e. The molecule has 0 aliphatic carbocycles. The first-order valence-electron chi connectivity index (χ1n) is 4.10. The zero-order chi connectivity index (χ0) is 9.78. The highest BCUT2D eigenvalue weighted by Gasteiger charge is 2.20. The van der Waals surface area contributed by atoms with Crippen molar-refractivity contribution in [2.75, 3.05) is 7.11 Å². The van der Waals surface area contributed by atoms with E-state index in [1.54, 1.807) is 13.3 Å². The molecule has 2 N–H and O–H groups in total. The van der Waals surface area contributed by atoms with Crippen molar-refractivity contribution in [2.45, 2.75) is 27.7 Å². The molecule has 12 heavy (non-hydrogen) atoms. The zero-order valence-electron chi connectivity index (χ0n) is 8.64. The van der Waals surface area contributed by atoms with Crippen LogP contribution in [0.2, 0.25) is 0 Å². The van der Waals surface area contributed by atoms with E-state index in [0.717, 1.165) is 11.3 Å². The third-order valence-electron chi connectivity index (χ3n) is 1.72. The largest absolute Gasteiger partial charge is 0.497 e. The summed E-state index contributed by atoms with van der Waals surface area (Å²) in [6, 6.07) is 0. The van der Waals surface area contributed by atoms with Gasteiger partial charge in [0.25, 0.3) is 0 Å². The van der Waals surface area contributed by atoms with Gasteiger partial charge in [-0.15, -0.1) is 0 Å². The van der Waals surface area contributed by atoms with Crippen molar-refractivity contribution in [2.24, 2.45) is 11.1 Å². The second-order valence-electron chi connectivity index (χ2n) is 3.69. The first kappa shape index (κ1) is 11.1. The van der Waals surface area contributed by atoms with Gasteiger partial charge < -0.3 is 10.5 Å². The number of hydrogen-bond acceptors (Lipinski definition) is 2. The molecule has 0 spiro atoms. The summed E-state index contributed by atoms with van der Waals surface area (Å²) in [5.41, 5.74) is 6.60. The predicted octanol–water partition coefficient (Wildman–Crippen LogP) is 2.43. The van der Waals surface area contributed by atoms with E-state index in [9.17, 15) is 0 Å². The number of ether oxygens (including phenoxy) is 1. The summed E-state index contributed by atoms with van der Waals surface area (Å²) in [5, 5.41) is 0. The molecule has 0 rings (SSSR count). The van der Waals surface area contributed by atoms with Gasteiger partial charge in [0.05, 0.1) is 7.11 Å². The second-order valence-corrected chi connectivity index (χ2v) is 3.69. The van der Waals surface area contributed by atoms with E-state index in [4.69, 9.17) is 10.5 Å². The van der Waals surface area contributed by atoms with Crippen molar-refractivity contribution in [1.29, 1.82) is 0 Å². The fourth-order valence-corrected chi connectivity index (χ4v) is 1.09. The first-order chi connectivity index (χ1) is 5.47. The average molecular weight is 169 g/mol. The monoisotopic (exact) mass is 169 g/mol. The molecule has 0 aliphatic rings. The van der Waals surface area contributed by atoms with Crippen molar-refractivity contribution in [1.82, 2.24) is 0 Å². The Labute approximate surface area is 75.1 Å². The summed E-state index contributed by atoms with van der Waals surface area (Å²) in [6.45, 7) is 8.25. The number of rotatable bonds is 2. The van der Waals surface area contributed by atoms with Gasteiger partial charge in [0.15, 0.2) is 0 Å². The van der Waals surface area contributed by atoms with Gasteiger partial charge in [0, 0.05) is 11.8 Å². The van der Waals surface area contributed by atoms with Crippen LogP contribution in [0.15, 0.2) is 23.6 Å². The van der Waals surface area contributed by atoms with Crippen LogP contribution >= 0.6 is 0 Å². The van der Waals surface area contributed by atoms with Crippen LogP contribution in [-0.4, -0.2) is 7.11 Å². The molecule has 0 amide bonds. The highest BCUT2D eigenvalue weighted by Crippen LogP contribution is 2.30. The van der Waals surface area contributed by atoms with Crippen LogP contribution in [0.1, 0.15) is 27.7 Å². The lowest BCUT2D eigenvalue weighted by molar-refractivity contribution is 0.281. The SMILES string of the molecule is C/C=C(OC)\C(=C/N)C(C)(C)C. The molecule has 0 saturated heterocycles. The van der Waals surface area contributed by atoms with Gasteiger partial charge >= 0.3 is 0 Å². The number of allylic oxidation sites excluding steroid dienone is 2. The number of hydrogen-bond donors (Lipinski definition) is 1. The van der Waals surface area contributed by atoms with E-state index in [1.807, 2.05) is 13.0 Å². The Morgan fingerprint density at radius 3 is 1.92 bits per heavy atom. The van der Waals surface area contributed by atoms with E-state index in [0.29, 0.717) is 0 Å². The highest BCUT2D eigenvalue weighted by molar-refractivity contribution is 5.29. The Bertz CT molecular complexity index is 196. The summed E-state index contributed by atoms with van der Waals surface area (Å²) in [4.78, 5) is 0. The lowest BCUT2D eigenvalue weighted by Gasteiger charge is -2.23. The molecule has 0 aliphatic heterocycles. The van der Waals surface area contributed by atoms with E-state index < -0.39 is 0 Å². The third-order valence-corrected chi connectivity index (χ3v) is 1.72. The normalized spacial score (nSPS) is 14.8. The highest BCUT2D eigenvalue weighted by atomic mass is 16.5. The van der Waals surface area contributed by atoms with Gasteiger partial charge in [-0.05, 0) is 18.4 Å². The Balaban J connectivity index is 4.82. The van der Waals surface area contributed by atoms with Gasteiger partial charge in [-0.1, -0.05) is 20.8 Å². The molecular weight excluding hydrogens is 150 g/mol. The van der Waals surface area contributed by atoms with Gasteiger partial charge in [0.2, 0.25) is 0 Å². The molecule has 0 aromatic carbocycles. The van der Waals surface area contributed by atoms with Crippen LogP contribution in [0.25, 0.3) is 0 Å². The van der Waals surface area contributed by atoms with Crippen LogP contribution in [-0.2, 0) is 4.74 Å². The van der Waals surface area contributed by atoms with Crippen LogP contribution in [0.5, 0.6) is 0 Å². The predicted molar refractivity (Wildman–Crippen MR) is 52.5 cm³/mol. The second kappa shape index (κ2) is 4.19. The Morgan fingerprint density at radius 1 is 1.33 bits per heavy atom. The molecule has 2 nitrogen and oxygen atoms in total. The molecular formula is C10H19NO. The molecule has 2 heteroatoms. The van der Waals surface area contributed by atoms with Crippen molar-refractivity contribution in [3.05, 3.63) is 23.6 Å². The molecule has 0 bridgehead atoms. The van der Waals surface area contributed by atoms with Crippen molar-refractivity contribution in [3.8, 4) is 0 Å². The molecule has 0 fully saturated rings. The molecule has 0 unspecified atom stereocenters. The van der Waals surface area contributed by atoms with Crippen molar-refractivity contribution in [3.63, 3.8) is 0 Å². The summed E-state index contributed by atoms with van der Waals surface area (Å²) < 4.78 is 5.19. The summed E-state index contributed by atoms with van der Waals surface area (Å²) in [5.74, 6) is 0.852. The van der Waals surface area contributed by atoms with E-state index in [2.05, 4.69) is 20.8 Å². The van der Waals surface area contributed by atoms with Gasteiger partial charge in [0.1, 0.15) is 5.76 Å². The first-order valence-corrected chi connectivity index (χ1v) is 4.10. The lowest BCUT2D eigenvalue weighted by atomic mass is 9.85. The van der Waals surface area contributed by atoms with Gasteiger partial charge in [-0.2, -0.15) is 0 Å².